The zero-order chi connectivity index (χ0) is 25.6. The number of nitrogens with zero attached hydrogens (tertiary/aromatic N) is 2. The monoisotopic (exact) mass is 550 g/mol. The van der Waals surface area contributed by atoms with Gasteiger partial charge >= 0.3 is 0 Å². The highest BCUT2D eigenvalue weighted by atomic mass is 35.5. The van der Waals surface area contributed by atoms with Gasteiger partial charge in [-0.1, -0.05) is 11.6 Å². The number of halogens is 2. The van der Waals surface area contributed by atoms with Gasteiger partial charge in [0.2, 0.25) is 0 Å². The van der Waals surface area contributed by atoms with E-state index in [0.717, 1.165) is 61.8 Å². The van der Waals surface area contributed by atoms with Crippen LogP contribution in [0.2, 0.25) is 5.02 Å². The summed E-state index contributed by atoms with van der Waals surface area (Å²) in [7, 11) is 0. The van der Waals surface area contributed by atoms with Crippen LogP contribution >= 0.6 is 24.0 Å². The molecule has 2 aliphatic rings. The highest BCUT2D eigenvalue weighted by Crippen LogP contribution is 2.21. The van der Waals surface area contributed by atoms with E-state index in [4.69, 9.17) is 11.6 Å². The predicted molar refractivity (Wildman–Crippen MR) is 156 cm³/mol. The zero-order valence-corrected chi connectivity index (χ0v) is 22.2. The van der Waals surface area contributed by atoms with E-state index in [2.05, 4.69) is 31.3 Å². The van der Waals surface area contributed by atoms with Crippen LogP contribution in [0, 0.1) is 0 Å². The molecule has 0 saturated heterocycles. The summed E-state index contributed by atoms with van der Waals surface area (Å²) >= 11 is 6.39. The lowest BCUT2D eigenvalue weighted by molar-refractivity contribution is 0.101. The number of anilines is 2. The van der Waals surface area contributed by atoms with Gasteiger partial charge in [0, 0.05) is 54.2 Å². The Balaban J connectivity index is 0.00000336. The van der Waals surface area contributed by atoms with Crippen LogP contribution in [0.4, 0.5) is 11.4 Å². The van der Waals surface area contributed by atoms with E-state index in [9.17, 15) is 9.59 Å². The molecule has 8 nitrogen and oxygen atoms in total. The number of benzene rings is 3. The van der Waals surface area contributed by atoms with E-state index in [0.29, 0.717) is 16.9 Å². The van der Waals surface area contributed by atoms with E-state index in [1.165, 1.54) is 6.07 Å². The molecule has 0 atom stereocenters. The van der Waals surface area contributed by atoms with Crippen LogP contribution in [0.5, 0.6) is 0 Å². The smallest absolute Gasteiger partial charge is 0.257 e. The van der Waals surface area contributed by atoms with Gasteiger partial charge in [-0.2, -0.15) is 0 Å². The summed E-state index contributed by atoms with van der Waals surface area (Å²) in [5.41, 5.74) is 3.88. The van der Waals surface area contributed by atoms with Gasteiger partial charge in [-0.25, -0.2) is 0 Å². The maximum atomic E-state index is 12.8. The maximum Gasteiger partial charge on any atom is 0.257 e. The normalized spacial score (nSPS) is 14.6. The van der Waals surface area contributed by atoms with E-state index in [1.807, 2.05) is 48.5 Å². The van der Waals surface area contributed by atoms with E-state index in [-0.39, 0.29) is 34.8 Å². The van der Waals surface area contributed by atoms with Crippen LogP contribution in [0.1, 0.15) is 44.7 Å². The first-order chi connectivity index (χ1) is 18.1. The number of amidine groups is 2. The fraction of sp³-hybridized carbons (Fsp3) is 0.214. The van der Waals surface area contributed by atoms with Crippen LogP contribution < -0.4 is 21.3 Å². The summed E-state index contributed by atoms with van der Waals surface area (Å²) < 4.78 is 0. The van der Waals surface area contributed by atoms with Gasteiger partial charge in [0.05, 0.1) is 10.6 Å². The Morgan fingerprint density at radius 2 is 1.21 bits per heavy atom. The van der Waals surface area contributed by atoms with Crippen molar-refractivity contribution in [3.05, 3.63) is 94.0 Å². The molecule has 4 N–H and O–H groups in total. The summed E-state index contributed by atoms with van der Waals surface area (Å²) in [4.78, 5) is 34.5. The van der Waals surface area contributed by atoms with Crippen molar-refractivity contribution in [1.82, 2.24) is 10.6 Å². The summed E-state index contributed by atoms with van der Waals surface area (Å²) in [6.45, 7) is 3.44. The van der Waals surface area contributed by atoms with E-state index >= 15 is 0 Å². The fourth-order valence-electron chi connectivity index (χ4n) is 4.12. The number of hydrogen-bond donors (Lipinski definition) is 4. The molecule has 0 fully saturated rings. The molecule has 38 heavy (non-hydrogen) atoms. The molecule has 0 radical (unpaired) electrons. The van der Waals surface area contributed by atoms with Crippen molar-refractivity contribution in [2.24, 2.45) is 9.98 Å². The van der Waals surface area contributed by atoms with Crippen molar-refractivity contribution in [3.63, 3.8) is 0 Å². The largest absolute Gasteiger partial charge is 0.370 e. The minimum Gasteiger partial charge on any atom is -0.370 e. The van der Waals surface area contributed by atoms with Crippen molar-refractivity contribution in [2.75, 3.05) is 36.8 Å². The van der Waals surface area contributed by atoms with Crippen LogP contribution in [0.15, 0.2) is 76.7 Å². The molecular weight excluding hydrogens is 523 g/mol. The molecule has 0 spiro atoms. The summed E-state index contributed by atoms with van der Waals surface area (Å²) in [5.74, 6) is 1.07. The quantitative estimate of drug-likeness (QED) is 0.355. The lowest BCUT2D eigenvalue weighted by Crippen LogP contribution is -2.30. The van der Waals surface area contributed by atoms with Gasteiger partial charge < -0.3 is 21.3 Å². The third-order valence-electron chi connectivity index (χ3n) is 6.10. The Hall–Kier alpha value is -3.88. The van der Waals surface area contributed by atoms with Gasteiger partial charge in [-0.3, -0.25) is 19.6 Å². The highest BCUT2D eigenvalue weighted by Gasteiger charge is 2.15. The Morgan fingerprint density at radius 3 is 1.66 bits per heavy atom. The van der Waals surface area contributed by atoms with E-state index in [1.54, 1.807) is 12.1 Å². The molecule has 2 heterocycles. The molecule has 0 aromatic heterocycles. The molecule has 0 unspecified atom stereocenters. The lowest BCUT2D eigenvalue weighted by Gasteiger charge is -2.15. The lowest BCUT2D eigenvalue weighted by atomic mass is 10.1. The molecular formula is C28H28Cl2N6O2. The van der Waals surface area contributed by atoms with Crippen LogP contribution in [-0.4, -0.2) is 49.7 Å². The van der Waals surface area contributed by atoms with E-state index < -0.39 is 0 Å². The Kier molecular flexibility index (Phi) is 8.99. The number of rotatable bonds is 6. The Morgan fingerprint density at radius 1 is 0.711 bits per heavy atom. The molecule has 196 valence electrons. The Bertz CT molecular complexity index is 1370. The van der Waals surface area contributed by atoms with Crippen molar-refractivity contribution < 1.29 is 9.59 Å². The first-order valence-corrected chi connectivity index (χ1v) is 12.6. The number of hydrogen-bond acceptors (Lipinski definition) is 6. The topological polar surface area (TPSA) is 107 Å². The van der Waals surface area contributed by atoms with Crippen molar-refractivity contribution in [2.45, 2.75) is 12.8 Å². The molecule has 2 aliphatic heterocycles. The number of aliphatic imine (C=N–C) groups is 2. The van der Waals surface area contributed by atoms with Gasteiger partial charge in [-0.05, 0) is 79.6 Å². The van der Waals surface area contributed by atoms with Crippen LogP contribution in [0.25, 0.3) is 0 Å². The first kappa shape index (κ1) is 27.2. The molecule has 10 heteroatoms. The predicted octanol–water partition coefficient (Wildman–Crippen LogP) is 4.75. The summed E-state index contributed by atoms with van der Waals surface area (Å²) in [5, 5.41) is 12.5. The number of carbonyl (C=O) groups excluding carboxylic acids is 2. The fourth-order valence-corrected chi connectivity index (χ4v) is 4.38. The van der Waals surface area contributed by atoms with Crippen molar-refractivity contribution in [1.29, 1.82) is 0 Å². The van der Waals surface area contributed by atoms with Crippen molar-refractivity contribution >= 4 is 58.9 Å². The molecule has 0 saturated carbocycles. The number of carbonyl (C=O) groups is 2. The summed E-state index contributed by atoms with van der Waals surface area (Å²) in [6.07, 6.45) is 2.06. The van der Waals surface area contributed by atoms with Crippen molar-refractivity contribution in [3.8, 4) is 0 Å². The third kappa shape index (κ3) is 6.51. The van der Waals surface area contributed by atoms with Gasteiger partial charge in [-0.15, -0.1) is 12.4 Å². The van der Waals surface area contributed by atoms with Crippen LogP contribution in [0.3, 0.4) is 0 Å². The standard InChI is InChI=1S/C28H27ClN6O2.ClH/c29-24-17-20(27(36)34-21-8-3-18(4-9-21)25-30-13-1-14-31-25)7-12-23(24)28(37)35-22-10-5-19(6-11-22)26-32-15-2-16-33-26;/h3-12,17H,1-2,13-16H2,(H,30,31)(H,32,33)(H,34,36)(H,35,37);1H. The average Bonchev–Trinajstić information content (AvgIpc) is 2.94. The number of nitrogens with one attached hydrogen (secondary N) is 4. The zero-order valence-electron chi connectivity index (χ0n) is 20.6. The van der Waals surface area contributed by atoms with Crippen LogP contribution in [-0.2, 0) is 0 Å². The SMILES string of the molecule is Cl.O=C(Nc1ccc(C2=NCCCN2)cc1)c1ccc(C(=O)Nc2ccc(C3=NCCCN3)cc2)c(Cl)c1. The third-order valence-corrected chi connectivity index (χ3v) is 6.42. The second-order valence-corrected chi connectivity index (χ2v) is 9.19. The molecule has 0 aliphatic carbocycles. The molecule has 3 aromatic carbocycles. The van der Waals surface area contributed by atoms with Gasteiger partial charge in [0.25, 0.3) is 11.8 Å². The molecule has 2 amide bonds. The highest BCUT2D eigenvalue weighted by molar-refractivity contribution is 6.35. The second-order valence-electron chi connectivity index (χ2n) is 8.78. The second kappa shape index (κ2) is 12.6. The number of amides is 2. The molecule has 0 bridgehead atoms. The Labute approximate surface area is 232 Å². The minimum atomic E-state index is -0.354. The van der Waals surface area contributed by atoms with Gasteiger partial charge in [0.1, 0.15) is 11.7 Å². The molecule has 5 rings (SSSR count). The van der Waals surface area contributed by atoms with Gasteiger partial charge in [0.15, 0.2) is 0 Å². The maximum absolute atomic E-state index is 12.8. The first-order valence-electron chi connectivity index (χ1n) is 12.3. The molecule has 3 aromatic rings. The summed E-state index contributed by atoms with van der Waals surface area (Å²) in [6, 6.07) is 19.6. The average molecular weight is 551 g/mol. The minimum absolute atomic E-state index is 0.